The van der Waals surface area contributed by atoms with Crippen molar-refractivity contribution in [2.24, 2.45) is 12.8 Å². The summed E-state index contributed by atoms with van der Waals surface area (Å²) >= 11 is 0. The van der Waals surface area contributed by atoms with Gasteiger partial charge in [0.1, 0.15) is 6.10 Å². The molecule has 5 rings (SSSR count). The molecule has 4 N–H and O–H groups in total. The normalized spacial score (nSPS) is 17.5. The summed E-state index contributed by atoms with van der Waals surface area (Å²) in [5, 5.41) is 27.3. The summed E-state index contributed by atoms with van der Waals surface area (Å²) in [7, 11) is 1.72. The van der Waals surface area contributed by atoms with Crippen molar-refractivity contribution in [3.8, 4) is 22.9 Å². The topological polar surface area (TPSA) is 162 Å². The van der Waals surface area contributed by atoms with Gasteiger partial charge in [-0.05, 0) is 45.5 Å². The zero-order valence-electron chi connectivity index (χ0n) is 23.4. The summed E-state index contributed by atoms with van der Waals surface area (Å²) in [4.78, 5) is 19.2. The van der Waals surface area contributed by atoms with Gasteiger partial charge in [0, 0.05) is 37.3 Å². The van der Waals surface area contributed by atoms with Crippen LogP contribution in [0.2, 0.25) is 0 Å². The van der Waals surface area contributed by atoms with E-state index in [1.54, 1.807) is 13.2 Å². The molecular formula is C27H35N9O4. The van der Waals surface area contributed by atoms with E-state index >= 15 is 0 Å². The number of nitrogens with one attached hydrogen (secondary N) is 1. The third-order valence-electron chi connectivity index (χ3n) is 7.00. The number of nitrogens with zero attached hydrogens (tertiary/aromatic N) is 7. The van der Waals surface area contributed by atoms with E-state index in [9.17, 15) is 9.90 Å². The summed E-state index contributed by atoms with van der Waals surface area (Å²) in [5.74, 6) is 0.258. The number of likely N-dealkylation sites (N-methyl/N-ethyl adjacent to an activating group) is 1. The lowest BCUT2D eigenvalue weighted by molar-refractivity contribution is 0.0995. The first-order chi connectivity index (χ1) is 19.2. The molecule has 0 saturated carbocycles. The summed E-state index contributed by atoms with van der Waals surface area (Å²) in [6, 6.07) is 1.64. The Labute approximate surface area is 231 Å². The molecule has 5 heterocycles. The monoisotopic (exact) mass is 549 g/mol. The number of aromatic nitrogens is 7. The molecule has 0 aromatic carbocycles. The average Bonchev–Trinajstić information content (AvgIpc) is 3.59. The first-order valence-corrected chi connectivity index (χ1v) is 13.4. The van der Waals surface area contributed by atoms with Crippen LogP contribution in [-0.2, 0) is 13.6 Å². The van der Waals surface area contributed by atoms with Crippen LogP contribution in [-0.4, -0.2) is 83.1 Å². The minimum absolute atomic E-state index is 0.0693. The van der Waals surface area contributed by atoms with Crippen molar-refractivity contribution in [1.82, 2.24) is 39.6 Å². The Balaban J connectivity index is 1.75. The quantitative estimate of drug-likeness (QED) is 0.328. The Morgan fingerprint density at radius 3 is 2.83 bits per heavy atom. The van der Waals surface area contributed by atoms with Crippen molar-refractivity contribution in [2.45, 2.75) is 46.4 Å². The molecule has 0 radical (unpaired) electrons. The molecule has 0 spiro atoms. The summed E-state index contributed by atoms with van der Waals surface area (Å²) in [6.45, 7) is 10.1. The van der Waals surface area contributed by atoms with Gasteiger partial charge in [0.2, 0.25) is 11.8 Å². The number of fused-ring (bicyclic) bond motifs is 4. The van der Waals surface area contributed by atoms with Crippen LogP contribution in [0.4, 0.5) is 0 Å². The number of amides is 1. The van der Waals surface area contributed by atoms with E-state index in [2.05, 4.69) is 32.1 Å². The van der Waals surface area contributed by atoms with Gasteiger partial charge in [-0.15, -0.1) is 5.10 Å². The Bertz CT molecular complexity index is 1570. The minimum Gasteiger partial charge on any atom is -0.476 e. The molecule has 40 heavy (non-hydrogen) atoms. The van der Waals surface area contributed by atoms with Crippen LogP contribution in [0.25, 0.3) is 34.3 Å². The number of pyridine rings is 1. The molecule has 1 amide bonds. The van der Waals surface area contributed by atoms with E-state index < -0.39 is 5.91 Å². The van der Waals surface area contributed by atoms with Gasteiger partial charge >= 0.3 is 0 Å². The number of H-pyrrole nitrogens is 1. The second kappa shape index (κ2) is 11.1. The molecular weight excluding hydrogens is 514 g/mol. The number of rotatable bonds is 6. The number of carbonyl (C=O) groups excluding carboxylic acids is 1. The van der Waals surface area contributed by atoms with Gasteiger partial charge in [-0.1, -0.05) is 6.92 Å². The van der Waals surface area contributed by atoms with E-state index in [1.807, 2.05) is 43.7 Å². The number of aliphatic hydroxyl groups is 1. The predicted octanol–water partition coefficient (Wildman–Crippen LogP) is 2.38. The van der Waals surface area contributed by atoms with Crippen LogP contribution >= 0.6 is 0 Å². The molecule has 2 bridgehead atoms. The SMILES string of the molecule is CCOc1nn([C@@H](C)CO)c2c1/C=C/c1[nH]nc3ncc(cc13)-c1c(C(N)=O)nn(C)c1O[C@@H](C)CN(CC)C2. The Morgan fingerprint density at radius 2 is 2.12 bits per heavy atom. The van der Waals surface area contributed by atoms with Crippen molar-refractivity contribution >= 4 is 29.1 Å². The second-order valence-electron chi connectivity index (χ2n) is 9.91. The highest BCUT2D eigenvalue weighted by molar-refractivity contribution is 6.00. The largest absolute Gasteiger partial charge is 0.476 e. The van der Waals surface area contributed by atoms with Crippen molar-refractivity contribution in [3.05, 3.63) is 34.9 Å². The van der Waals surface area contributed by atoms with Crippen LogP contribution in [0.1, 0.15) is 61.2 Å². The van der Waals surface area contributed by atoms with Gasteiger partial charge in [-0.25, -0.2) is 9.67 Å². The summed E-state index contributed by atoms with van der Waals surface area (Å²) in [5.41, 5.74) is 9.90. The molecule has 0 aliphatic carbocycles. The molecule has 13 heteroatoms. The van der Waals surface area contributed by atoms with Crippen molar-refractivity contribution < 1.29 is 19.4 Å². The molecule has 1 aliphatic rings. The van der Waals surface area contributed by atoms with Crippen LogP contribution < -0.4 is 15.2 Å². The summed E-state index contributed by atoms with van der Waals surface area (Å²) in [6.07, 6.45) is 5.22. The van der Waals surface area contributed by atoms with Crippen molar-refractivity contribution in [3.63, 3.8) is 0 Å². The maximum atomic E-state index is 12.4. The van der Waals surface area contributed by atoms with Crippen molar-refractivity contribution in [2.75, 3.05) is 26.3 Å². The number of aryl methyl sites for hydroxylation is 1. The number of hydrogen-bond acceptors (Lipinski definition) is 9. The third kappa shape index (κ3) is 4.93. The van der Waals surface area contributed by atoms with Crippen LogP contribution in [0.3, 0.4) is 0 Å². The minimum atomic E-state index is -0.657. The smallest absolute Gasteiger partial charge is 0.270 e. The number of primary amides is 1. The molecule has 2 atom stereocenters. The van der Waals surface area contributed by atoms with Gasteiger partial charge in [-0.3, -0.25) is 19.5 Å². The van der Waals surface area contributed by atoms with Gasteiger partial charge in [0.05, 0.1) is 41.8 Å². The highest BCUT2D eigenvalue weighted by Crippen LogP contribution is 2.36. The number of aromatic amines is 1. The molecule has 13 nitrogen and oxygen atoms in total. The lowest BCUT2D eigenvalue weighted by atomic mass is 10.1. The van der Waals surface area contributed by atoms with Crippen LogP contribution in [0, 0.1) is 0 Å². The van der Waals surface area contributed by atoms with E-state index in [4.69, 9.17) is 20.3 Å². The molecule has 212 valence electrons. The lowest BCUT2D eigenvalue weighted by Gasteiger charge is -2.26. The number of nitrogens with two attached hydrogens (primary N) is 1. The van der Waals surface area contributed by atoms with E-state index in [0.29, 0.717) is 53.9 Å². The van der Waals surface area contributed by atoms with E-state index in [1.165, 1.54) is 4.68 Å². The standard InChI is InChI=1S/C27H35N9O4/c1-6-35-12-16(4)40-27-22(23(24(28)38)32-34(27)5)17-10-19-20(30-31-25(19)29-11-17)9-8-18-21(13-35)36(15(3)14-37)33-26(18)39-7-2/h8-11,15-16,37H,6-7,12-14H2,1-5H3,(H2,28,38)(H,29,30,31)/b9-8+/t15-,16-/m0/s1. The summed E-state index contributed by atoms with van der Waals surface area (Å²) < 4.78 is 15.7. The van der Waals surface area contributed by atoms with Crippen LogP contribution in [0.15, 0.2) is 12.3 Å². The number of carbonyl (C=O) groups is 1. The Hall–Kier alpha value is -4.23. The maximum Gasteiger partial charge on any atom is 0.270 e. The van der Waals surface area contributed by atoms with Gasteiger partial charge in [0.15, 0.2) is 11.3 Å². The number of hydrogen-bond donors (Lipinski definition) is 3. The average molecular weight is 550 g/mol. The lowest BCUT2D eigenvalue weighted by Crippen LogP contribution is -2.35. The first kappa shape index (κ1) is 27.3. The van der Waals surface area contributed by atoms with Gasteiger partial charge in [-0.2, -0.15) is 10.2 Å². The van der Waals surface area contributed by atoms with Gasteiger partial charge in [0.25, 0.3) is 5.91 Å². The van der Waals surface area contributed by atoms with Crippen LogP contribution in [0.5, 0.6) is 11.8 Å². The zero-order valence-corrected chi connectivity index (χ0v) is 23.4. The van der Waals surface area contributed by atoms with E-state index in [0.717, 1.165) is 23.2 Å². The fraction of sp³-hybridized carbons (Fsp3) is 0.444. The highest BCUT2D eigenvalue weighted by Gasteiger charge is 2.27. The highest BCUT2D eigenvalue weighted by atomic mass is 16.5. The fourth-order valence-corrected chi connectivity index (χ4v) is 5.00. The third-order valence-corrected chi connectivity index (χ3v) is 7.00. The Morgan fingerprint density at radius 1 is 1.32 bits per heavy atom. The first-order valence-electron chi connectivity index (χ1n) is 13.4. The van der Waals surface area contributed by atoms with Gasteiger partial charge < -0.3 is 20.3 Å². The fourth-order valence-electron chi connectivity index (χ4n) is 5.00. The maximum absolute atomic E-state index is 12.4. The predicted molar refractivity (Wildman–Crippen MR) is 150 cm³/mol. The number of ether oxygens (including phenoxy) is 2. The molecule has 1 aliphatic heterocycles. The molecule has 0 unspecified atom stereocenters. The zero-order chi connectivity index (χ0) is 28.6. The molecule has 0 fully saturated rings. The molecule has 4 aromatic heterocycles. The molecule has 0 saturated heterocycles. The number of aliphatic hydroxyl groups excluding tert-OH is 1. The Kier molecular flexibility index (Phi) is 7.59. The second-order valence-corrected chi connectivity index (χ2v) is 9.91. The van der Waals surface area contributed by atoms with Crippen molar-refractivity contribution in [1.29, 1.82) is 0 Å². The molecule has 4 aromatic rings. The van der Waals surface area contributed by atoms with E-state index in [-0.39, 0.29) is 24.4 Å².